The maximum absolute atomic E-state index is 12.8. The molecule has 1 aliphatic rings. The molecular formula is C13H15ClF3NO2S. The standard InChI is InChI=1S/C13H15ClF3NO2S/c1-8-10(13(15,16)17)3-2-4-12(8)21(19,20)18-7-11(14)9-5-6-9/h2-4,9,11,18H,5-7H2,1H3. The molecule has 0 amide bonds. The van der Waals surface area contributed by atoms with E-state index in [2.05, 4.69) is 4.72 Å². The molecule has 118 valence electrons. The monoisotopic (exact) mass is 341 g/mol. The fourth-order valence-corrected chi connectivity index (χ4v) is 3.85. The number of hydrogen-bond donors (Lipinski definition) is 1. The molecule has 0 spiro atoms. The van der Waals surface area contributed by atoms with Gasteiger partial charge in [0.2, 0.25) is 10.0 Å². The van der Waals surface area contributed by atoms with E-state index in [4.69, 9.17) is 11.6 Å². The normalized spacial score (nSPS) is 17.8. The SMILES string of the molecule is Cc1c(C(F)(F)F)cccc1S(=O)(=O)NCC(Cl)C1CC1. The first-order chi connectivity index (χ1) is 9.63. The smallest absolute Gasteiger partial charge is 0.210 e. The summed E-state index contributed by atoms with van der Waals surface area (Å²) in [6.45, 7) is 1.17. The van der Waals surface area contributed by atoms with Crippen LogP contribution in [-0.4, -0.2) is 20.3 Å². The lowest BCUT2D eigenvalue weighted by atomic mass is 10.1. The van der Waals surface area contributed by atoms with E-state index >= 15 is 0 Å². The Hall–Kier alpha value is -0.790. The average molecular weight is 342 g/mol. The van der Waals surface area contributed by atoms with Crippen LogP contribution in [0.3, 0.4) is 0 Å². The molecule has 0 aromatic heterocycles. The van der Waals surface area contributed by atoms with E-state index < -0.39 is 21.8 Å². The van der Waals surface area contributed by atoms with E-state index in [-0.39, 0.29) is 28.3 Å². The summed E-state index contributed by atoms with van der Waals surface area (Å²) in [5, 5.41) is -0.328. The predicted molar refractivity (Wildman–Crippen MR) is 73.7 cm³/mol. The van der Waals surface area contributed by atoms with Gasteiger partial charge in [0.15, 0.2) is 0 Å². The van der Waals surface area contributed by atoms with E-state index in [1.807, 2.05) is 0 Å². The van der Waals surface area contributed by atoms with Gasteiger partial charge in [-0.25, -0.2) is 13.1 Å². The van der Waals surface area contributed by atoms with Crippen LogP contribution in [0.4, 0.5) is 13.2 Å². The minimum Gasteiger partial charge on any atom is -0.210 e. The van der Waals surface area contributed by atoms with Crippen molar-refractivity contribution in [2.24, 2.45) is 5.92 Å². The molecule has 0 radical (unpaired) electrons. The van der Waals surface area contributed by atoms with Crippen molar-refractivity contribution in [3.8, 4) is 0 Å². The first kappa shape index (κ1) is 16.6. The van der Waals surface area contributed by atoms with Crippen LogP contribution in [0.1, 0.15) is 24.0 Å². The zero-order valence-electron chi connectivity index (χ0n) is 11.2. The Morgan fingerprint density at radius 2 is 2.00 bits per heavy atom. The molecule has 1 aliphatic carbocycles. The highest BCUT2D eigenvalue weighted by molar-refractivity contribution is 7.89. The Kier molecular flexibility index (Phi) is 4.56. The van der Waals surface area contributed by atoms with Gasteiger partial charge in [-0.05, 0) is 43.4 Å². The van der Waals surface area contributed by atoms with Crippen LogP contribution in [0, 0.1) is 12.8 Å². The number of halogens is 4. The third kappa shape index (κ3) is 3.90. The molecule has 1 atom stereocenters. The summed E-state index contributed by atoms with van der Waals surface area (Å²) in [6.07, 6.45) is -2.67. The lowest BCUT2D eigenvalue weighted by Crippen LogP contribution is -2.31. The highest BCUT2D eigenvalue weighted by atomic mass is 35.5. The zero-order valence-corrected chi connectivity index (χ0v) is 12.8. The van der Waals surface area contributed by atoms with E-state index in [9.17, 15) is 21.6 Å². The van der Waals surface area contributed by atoms with Gasteiger partial charge in [-0.3, -0.25) is 0 Å². The maximum Gasteiger partial charge on any atom is 0.416 e. The molecule has 1 unspecified atom stereocenters. The van der Waals surface area contributed by atoms with Gasteiger partial charge in [-0.1, -0.05) is 6.07 Å². The summed E-state index contributed by atoms with van der Waals surface area (Å²) in [5.74, 6) is 0.289. The average Bonchev–Trinajstić information content (AvgIpc) is 3.19. The quantitative estimate of drug-likeness (QED) is 0.835. The van der Waals surface area contributed by atoms with Gasteiger partial charge in [-0.15, -0.1) is 11.6 Å². The maximum atomic E-state index is 12.8. The minimum atomic E-state index is -4.58. The van der Waals surface area contributed by atoms with Crippen molar-refractivity contribution in [3.05, 3.63) is 29.3 Å². The molecule has 0 aliphatic heterocycles. The second-order valence-corrected chi connectivity index (χ2v) is 7.43. The Balaban J connectivity index is 2.23. The molecule has 0 saturated heterocycles. The second kappa shape index (κ2) is 5.78. The Labute approximate surface area is 126 Å². The van der Waals surface area contributed by atoms with Crippen LogP contribution >= 0.6 is 11.6 Å². The van der Waals surface area contributed by atoms with E-state index in [1.54, 1.807) is 0 Å². The van der Waals surface area contributed by atoms with Crippen molar-refractivity contribution in [1.82, 2.24) is 4.72 Å². The molecule has 1 saturated carbocycles. The molecule has 1 N–H and O–H groups in total. The van der Waals surface area contributed by atoms with Crippen molar-refractivity contribution in [2.75, 3.05) is 6.54 Å². The number of benzene rings is 1. The molecule has 8 heteroatoms. The minimum absolute atomic E-state index is 0.0181. The van der Waals surface area contributed by atoms with Crippen molar-refractivity contribution >= 4 is 21.6 Å². The van der Waals surface area contributed by atoms with Crippen molar-refractivity contribution in [2.45, 2.75) is 36.2 Å². The van der Waals surface area contributed by atoms with E-state index in [0.717, 1.165) is 38.0 Å². The van der Waals surface area contributed by atoms with Gasteiger partial charge in [0.05, 0.1) is 10.5 Å². The lowest BCUT2D eigenvalue weighted by Gasteiger charge is -2.15. The molecule has 1 fully saturated rings. The lowest BCUT2D eigenvalue weighted by molar-refractivity contribution is -0.138. The van der Waals surface area contributed by atoms with Gasteiger partial charge in [0.1, 0.15) is 0 Å². The van der Waals surface area contributed by atoms with E-state index in [0.29, 0.717) is 0 Å². The first-order valence-corrected chi connectivity index (χ1v) is 8.35. The molecule has 0 bridgehead atoms. The first-order valence-electron chi connectivity index (χ1n) is 6.43. The molecule has 1 aromatic carbocycles. The summed E-state index contributed by atoms with van der Waals surface area (Å²) in [6, 6.07) is 3.11. The molecule has 0 heterocycles. The van der Waals surface area contributed by atoms with Crippen LogP contribution in [0.25, 0.3) is 0 Å². The number of alkyl halides is 4. The third-order valence-electron chi connectivity index (χ3n) is 3.48. The topological polar surface area (TPSA) is 46.2 Å². The highest BCUT2D eigenvalue weighted by Crippen LogP contribution is 2.36. The number of nitrogens with one attached hydrogen (secondary N) is 1. The van der Waals surface area contributed by atoms with Gasteiger partial charge < -0.3 is 0 Å². The summed E-state index contributed by atoms with van der Waals surface area (Å²) < 4.78 is 65.0. The molecule has 2 rings (SSSR count). The van der Waals surface area contributed by atoms with Gasteiger partial charge in [0.25, 0.3) is 0 Å². The predicted octanol–water partition coefficient (Wildman–Crippen LogP) is 3.31. The van der Waals surface area contributed by atoms with Gasteiger partial charge in [0, 0.05) is 11.9 Å². The van der Waals surface area contributed by atoms with Gasteiger partial charge >= 0.3 is 6.18 Å². The van der Waals surface area contributed by atoms with Crippen molar-refractivity contribution in [1.29, 1.82) is 0 Å². The number of hydrogen-bond acceptors (Lipinski definition) is 2. The Bertz CT molecular complexity index is 627. The van der Waals surface area contributed by atoms with Crippen LogP contribution in [0.2, 0.25) is 0 Å². The van der Waals surface area contributed by atoms with Crippen molar-refractivity contribution in [3.63, 3.8) is 0 Å². The van der Waals surface area contributed by atoms with Crippen LogP contribution in [0.15, 0.2) is 23.1 Å². The third-order valence-corrected chi connectivity index (χ3v) is 5.56. The van der Waals surface area contributed by atoms with Crippen LogP contribution in [0.5, 0.6) is 0 Å². The summed E-state index contributed by atoms with van der Waals surface area (Å²) in [4.78, 5) is -0.364. The van der Waals surface area contributed by atoms with Crippen molar-refractivity contribution < 1.29 is 21.6 Å². The summed E-state index contributed by atoms with van der Waals surface area (Å²) in [5.41, 5.74) is -1.26. The Morgan fingerprint density at radius 1 is 1.38 bits per heavy atom. The molecular weight excluding hydrogens is 327 g/mol. The number of rotatable bonds is 5. The number of sulfonamides is 1. The summed E-state index contributed by atoms with van der Waals surface area (Å²) >= 11 is 6.01. The fourth-order valence-electron chi connectivity index (χ4n) is 2.10. The fraction of sp³-hybridized carbons (Fsp3) is 0.538. The summed E-state index contributed by atoms with van der Waals surface area (Å²) in [7, 11) is -4.01. The van der Waals surface area contributed by atoms with Gasteiger partial charge in [-0.2, -0.15) is 13.2 Å². The zero-order chi connectivity index (χ0) is 15.8. The van der Waals surface area contributed by atoms with Crippen LogP contribution < -0.4 is 4.72 Å². The van der Waals surface area contributed by atoms with E-state index in [1.165, 1.54) is 0 Å². The Morgan fingerprint density at radius 3 is 2.52 bits per heavy atom. The molecule has 21 heavy (non-hydrogen) atoms. The molecule has 1 aromatic rings. The van der Waals surface area contributed by atoms with Crippen LogP contribution in [-0.2, 0) is 16.2 Å². The largest absolute Gasteiger partial charge is 0.416 e. The highest BCUT2D eigenvalue weighted by Gasteiger charge is 2.35. The second-order valence-electron chi connectivity index (χ2n) is 5.13. The molecule has 3 nitrogen and oxygen atoms in total.